The highest BCUT2D eigenvalue weighted by molar-refractivity contribution is 5.94. The Balaban J connectivity index is 1.51. The summed E-state index contributed by atoms with van der Waals surface area (Å²) in [5.41, 5.74) is 1.97. The molecule has 2 aromatic heterocycles. The molecule has 0 radical (unpaired) electrons. The predicted octanol–water partition coefficient (Wildman–Crippen LogP) is 1.14. The first-order valence-electron chi connectivity index (χ1n) is 7.70. The number of carbonyl (C=O) groups excluding carboxylic acids is 1. The summed E-state index contributed by atoms with van der Waals surface area (Å²) in [5, 5.41) is 3.17. The number of aromatic nitrogens is 2. The first-order valence-corrected chi connectivity index (χ1v) is 7.70. The van der Waals surface area contributed by atoms with E-state index >= 15 is 0 Å². The Labute approximate surface area is 129 Å². The van der Waals surface area contributed by atoms with E-state index in [0.717, 1.165) is 24.5 Å². The molecule has 2 aliphatic rings. The van der Waals surface area contributed by atoms with Crippen molar-refractivity contribution < 1.29 is 4.79 Å². The van der Waals surface area contributed by atoms with Crippen molar-refractivity contribution in [1.82, 2.24) is 19.6 Å². The van der Waals surface area contributed by atoms with E-state index in [2.05, 4.69) is 21.1 Å². The molecule has 4 rings (SSSR count). The molecular weight excluding hydrogens is 276 g/mol. The van der Waals surface area contributed by atoms with E-state index < -0.39 is 0 Å². The van der Waals surface area contributed by atoms with Crippen molar-refractivity contribution in [2.45, 2.75) is 18.9 Å². The molecule has 22 heavy (non-hydrogen) atoms. The van der Waals surface area contributed by atoms with Crippen LogP contribution in [0.5, 0.6) is 0 Å². The summed E-state index contributed by atoms with van der Waals surface area (Å²) in [7, 11) is 0. The molecule has 2 aromatic rings. The number of nitrogens with zero attached hydrogens (tertiary/aromatic N) is 3. The molecule has 112 valence electrons. The van der Waals surface area contributed by atoms with Crippen molar-refractivity contribution in [3.8, 4) is 12.3 Å². The second-order valence-electron chi connectivity index (χ2n) is 6.27. The Morgan fingerprint density at radius 2 is 2.27 bits per heavy atom. The Hall–Kier alpha value is -2.32. The Kier molecular flexibility index (Phi) is 3.12. The smallest absolute Gasteiger partial charge is 0.253 e. The molecule has 2 saturated heterocycles. The molecule has 5 nitrogen and oxygen atoms in total. The molecule has 3 atom stereocenters. The van der Waals surface area contributed by atoms with E-state index in [1.165, 1.54) is 19.5 Å². The molecule has 0 aromatic carbocycles. The zero-order valence-electron chi connectivity index (χ0n) is 12.3. The van der Waals surface area contributed by atoms with Gasteiger partial charge >= 0.3 is 0 Å². The average Bonchev–Trinajstić information content (AvgIpc) is 3.09. The SMILES string of the molecule is C#Cc1cn2cc(C(=O)N[C@@H]3C[C@@H]4CCN(C4)C3)ccc2n1. The van der Waals surface area contributed by atoms with E-state index in [1.54, 1.807) is 22.9 Å². The molecule has 1 unspecified atom stereocenters. The Bertz CT molecular complexity index is 761. The van der Waals surface area contributed by atoms with Crippen molar-refractivity contribution >= 4 is 11.6 Å². The predicted molar refractivity (Wildman–Crippen MR) is 83.5 cm³/mol. The molecule has 2 bridgehead atoms. The Morgan fingerprint density at radius 1 is 1.36 bits per heavy atom. The van der Waals surface area contributed by atoms with Crippen molar-refractivity contribution in [3.05, 3.63) is 35.8 Å². The molecule has 2 aliphatic heterocycles. The van der Waals surface area contributed by atoms with Crippen molar-refractivity contribution in [1.29, 1.82) is 0 Å². The third-order valence-corrected chi connectivity index (χ3v) is 4.66. The maximum absolute atomic E-state index is 12.5. The number of carbonyl (C=O) groups is 1. The summed E-state index contributed by atoms with van der Waals surface area (Å²) in [6.07, 6.45) is 11.3. The fourth-order valence-corrected chi connectivity index (χ4v) is 3.63. The maximum atomic E-state index is 12.5. The van der Waals surface area contributed by atoms with Gasteiger partial charge in [-0.25, -0.2) is 4.98 Å². The van der Waals surface area contributed by atoms with Gasteiger partial charge in [0.2, 0.25) is 0 Å². The number of hydrogen-bond donors (Lipinski definition) is 1. The third kappa shape index (κ3) is 2.36. The molecule has 1 amide bonds. The maximum Gasteiger partial charge on any atom is 0.253 e. The topological polar surface area (TPSA) is 49.6 Å². The van der Waals surface area contributed by atoms with Gasteiger partial charge in [-0.1, -0.05) is 0 Å². The fourth-order valence-electron chi connectivity index (χ4n) is 3.63. The van der Waals surface area contributed by atoms with Gasteiger partial charge in [-0.15, -0.1) is 6.42 Å². The quantitative estimate of drug-likeness (QED) is 0.845. The fraction of sp³-hybridized carbons (Fsp3) is 0.412. The average molecular weight is 294 g/mol. The van der Waals surface area contributed by atoms with Gasteiger partial charge < -0.3 is 14.6 Å². The monoisotopic (exact) mass is 294 g/mol. The van der Waals surface area contributed by atoms with Crippen LogP contribution in [-0.2, 0) is 0 Å². The minimum atomic E-state index is -0.0228. The molecule has 2 fully saturated rings. The molecule has 0 saturated carbocycles. The van der Waals surface area contributed by atoms with Gasteiger partial charge in [0, 0.05) is 31.5 Å². The van der Waals surface area contributed by atoms with Gasteiger partial charge in [0.1, 0.15) is 11.3 Å². The lowest BCUT2D eigenvalue weighted by atomic mass is 9.96. The van der Waals surface area contributed by atoms with Crippen molar-refractivity contribution in [2.24, 2.45) is 5.92 Å². The molecular formula is C17H18N4O. The molecule has 0 aliphatic carbocycles. The summed E-state index contributed by atoms with van der Waals surface area (Å²) in [6.45, 7) is 3.34. The van der Waals surface area contributed by atoms with Crippen LogP contribution in [0, 0.1) is 18.3 Å². The number of piperidine rings is 1. The van der Waals surface area contributed by atoms with Crippen LogP contribution < -0.4 is 5.32 Å². The van der Waals surface area contributed by atoms with Crippen molar-refractivity contribution in [3.63, 3.8) is 0 Å². The lowest BCUT2D eigenvalue weighted by Crippen LogP contribution is -2.47. The summed E-state index contributed by atoms with van der Waals surface area (Å²) in [6, 6.07) is 3.88. The highest BCUT2D eigenvalue weighted by Crippen LogP contribution is 2.26. The number of hydrogen-bond acceptors (Lipinski definition) is 3. The minimum absolute atomic E-state index is 0.0228. The first-order chi connectivity index (χ1) is 10.7. The number of imidazole rings is 1. The van der Waals surface area contributed by atoms with Gasteiger partial charge in [-0.3, -0.25) is 4.79 Å². The normalized spacial score (nSPS) is 26.8. The van der Waals surface area contributed by atoms with Crippen LogP contribution in [0.3, 0.4) is 0 Å². The van der Waals surface area contributed by atoms with Crippen LogP contribution in [0.4, 0.5) is 0 Å². The summed E-state index contributed by atoms with van der Waals surface area (Å²) < 4.78 is 1.80. The van der Waals surface area contributed by atoms with E-state index in [-0.39, 0.29) is 11.9 Å². The lowest BCUT2D eigenvalue weighted by molar-refractivity contribution is 0.0909. The summed E-state index contributed by atoms with van der Waals surface area (Å²) in [5.74, 6) is 3.23. The van der Waals surface area contributed by atoms with E-state index in [4.69, 9.17) is 6.42 Å². The van der Waals surface area contributed by atoms with Crippen LogP contribution >= 0.6 is 0 Å². The number of pyridine rings is 1. The summed E-state index contributed by atoms with van der Waals surface area (Å²) in [4.78, 5) is 19.2. The van der Waals surface area contributed by atoms with Gasteiger partial charge in [0.05, 0.1) is 5.56 Å². The van der Waals surface area contributed by atoms with E-state index in [0.29, 0.717) is 11.3 Å². The number of nitrogens with one attached hydrogen (secondary N) is 1. The number of terminal acetylenes is 1. The van der Waals surface area contributed by atoms with E-state index in [9.17, 15) is 4.79 Å². The molecule has 1 N–H and O–H groups in total. The van der Waals surface area contributed by atoms with Crippen LogP contribution in [-0.4, -0.2) is 45.9 Å². The molecule has 5 heteroatoms. The van der Waals surface area contributed by atoms with Crippen LogP contribution in [0.25, 0.3) is 5.65 Å². The highest BCUT2D eigenvalue weighted by atomic mass is 16.1. The van der Waals surface area contributed by atoms with E-state index in [1.807, 2.05) is 6.07 Å². The number of fused-ring (bicyclic) bond motifs is 3. The van der Waals surface area contributed by atoms with Crippen molar-refractivity contribution in [2.75, 3.05) is 19.6 Å². The number of rotatable bonds is 2. The highest BCUT2D eigenvalue weighted by Gasteiger charge is 2.32. The number of amides is 1. The minimum Gasteiger partial charge on any atom is -0.348 e. The first kappa shape index (κ1) is 13.4. The third-order valence-electron chi connectivity index (χ3n) is 4.66. The molecule has 0 spiro atoms. The van der Waals surface area contributed by atoms with Crippen LogP contribution in [0.15, 0.2) is 24.5 Å². The van der Waals surface area contributed by atoms with Crippen LogP contribution in [0.2, 0.25) is 0 Å². The zero-order valence-corrected chi connectivity index (χ0v) is 12.3. The van der Waals surface area contributed by atoms with Gasteiger partial charge in [-0.2, -0.15) is 0 Å². The van der Waals surface area contributed by atoms with Crippen LogP contribution in [0.1, 0.15) is 28.9 Å². The Morgan fingerprint density at radius 3 is 3.09 bits per heavy atom. The van der Waals surface area contributed by atoms with Gasteiger partial charge in [-0.05, 0) is 43.4 Å². The zero-order chi connectivity index (χ0) is 15.1. The second-order valence-corrected chi connectivity index (χ2v) is 6.27. The lowest BCUT2D eigenvalue weighted by Gasteiger charge is -2.30. The van der Waals surface area contributed by atoms with Gasteiger partial charge in [0.15, 0.2) is 0 Å². The summed E-state index contributed by atoms with van der Waals surface area (Å²) >= 11 is 0. The standard InChI is InChI=1S/C17H18N4O/c1-2-14-11-21-9-13(3-4-16(21)18-14)17(22)19-15-7-12-5-6-20(8-12)10-15/h1,3-4,9,11-12,15H,5-8,10H2,(H,19,22)/t12-,15+/m0/s1. The second kappa shape index (κ2) is 5.15. The molecule has 4 heterocycles. The van der Waals surface area contributed by atoms with Gasteiger partial charge in [0.25, 0.3) is 5.91 Å². The largest absolute Gasteiger partial charge is 0.348 e.